The molecular formula is C9H7F2N. The minimum atomic E-state index is -0.542. The van der Waals surface area contributed by atoms with Crippen molar-refractivity contribution in [1.29, 1.82) is 0 Å². The summed E-state index contributed by atoms with van der Waals surface area (Å²) >= 11 is 0. The Morgan fingerprint density at radius 3 is 2.92 bits per heavy atom. The molecular weight excluding hydrogens is 160 g/mol. The molecule has 0 aliphatic carbocycles. The number of fused-ring (bicyclic) bond motifs is 1. The molecule has 1 aliphatic heterocycles. The molecule has 0 amide bonds. The Kier molecular flexibility index (Phi) is 1.64. The van der Waals surface area contributed by atoms with Gasteiger partial charge in [-0.3, -0.25) is 4.99 Å². The summed E-state index contributed by atoms with van der Waals surface area (Å²) in [6.45, 7) is 0.593. The van der Waals surface area contributed by atoms with Gasteiger partial charge in [0.15, 0.2) is 0 Å². The molecule has 1 aromatic carbocycles. The Hall–Kier alpha value is -1.25. The van der Waals surface area contributed by atoms with E-state index < -0.39 is 11.6 Å². The van der Waals surface area contributed by atoms with E-state index in [2.05, 4.69) is 4.99 Å². The minimum Gasteiger partial charge on any atom is -0.292 e. The van der Waals surface area contributed by atoms with Crippen LogP contribution in [-0.2, 0) is 6.42 Å². The van der Waals surface area contributed by atoms with E-state index in [1.807, 2.05) is 0 Å². The summed E-state index contributed by atoms with van der Waals surface area (Å²) in [6.07, 6.45) is 2.09. The van der Waals surface area contributed by atoms with E-state index in [1.165, 1.54) is 12.3 Å². The SMILES string of the molecule is Fc1cc(F)c2c(c1)C=NCC2. The van der Waals surface area contributed by atoms with Gasteiger partial charge in [0.25, 0.3) is 0 Å². The van der Waals surface area contributed by atoms with Crippen molar-refractivity contribution in [2.24, 2.45) is 4.99 Å². The fraction of sp³-hybridized carbons (Fsp3) is 0.222. The van der Waals surface area contributed by atoms with Crippen molar-refractivity contribution in [3.8, 4) is 0 Å². The maximum atomic E-state index is 13.0. The van der Waals surface area contributed by atoms with Gasteiger partial charge in [-0.2, -0.15) is 0 Å². The van der Waals surface area contributed by atoms with Crippen molar-refractivity contribution < 1.29 is 8.78 Å². The average molecular weight is 167 g/mol. The lowest BCUT2D eigenvalue weighted by molar-refractivity contribution is 0.570. The highest BCUT2D eigenvalue weighted by atomic mass is 19.1. The van der Waals surface area contributed by atoms with Crippen LogP contribution in [0, 0.1) is 11.6 Å². The fourth-order valence-electron chi connectivity index (χ4n) is 1.34. The highest BCUT2D eigenvalue weighted by Crippen LogP contribution is 2.17. The average Bonchev–Trinajstić information content (AvgIpc) is 2.04. The first-order valence-electron chi connectivity index (χ1n) is 3.75. The molecule has 0 radical (unpaired) electrons. The topological polar surface area (TPSA) is 12.4 Å². The summed E-state index contributed by atoms with van der Waals surface area (Å²) in [4.78, 5) is 3.94. The zero-order valence-electron chi connectivity index (χ0n) is 6.35. The van der Waals surface area contributed by atoms with Gasteiger partial charge in [0, 0.05) is 24.4 Å². The molecule has 62 valence electrons. The Morgan fingerprint density at radius 1 is 1.25 bits per heavy atom. The van der Waals surface area contributed by atoms with Crippen LogP contribution >= 0.6 is 0 Å². The molecule has 2 rings (SSSR count). The van der Waals surface area contributed by atoms with Gasteiger partial charge in [-0.05, 0) is 18.1 Å². The Bertz CT molecular complexity index is 345. The Balaban J connectivity index is 2.62. The fourth-order valence-corrected chi connectivity index (χ4v) is 1.34. The number of nitrogens with zero attached hydrogens (tertiary/aromatic N) is 1. The van der Waals surface area contributed by atoms with Gasteiger partial charge in [-0.15, -0.1) is 0 Å². The van der Waals surface area contributed by atoms with E-state index in [4.69, 9.17) is 0 Å². The lowest BCUT2D eigenvalue weighted by Gasteiger charge is -2.10. The van der Waals surface area contributed by atoms with Crippen LogP contribution in [0.5, 0.6) is 0 Å². The second-order valence-electron chi connectivity index (χ2n) is 2.74. The second kappa shape index (κ2) is 2.66. The lowest BCUT2D eigenvalue weighted by atomic mass is 10.0. The molecule has 0 saturated carbocycles. The van der Waals surface area contributed by atoms with E-state index in [0.29, 0.717) is 24.1 Å². The first-order chi connectivity index (χ1) is 5.77. The molecule has 1 nitrogen and oxygen atoms in total. The summed E-state index contributed by atoms with van der Waals surface area (Å²) in [5.74, 6) is -1.00. The first-order valence-corrected chi connectivity index (χ1v) is 3.75. The van der Waals surface area contributed by atoms with Crippen LogP contribution in [-0.4, -0.2) is 12.8 Å². The molecule has 1 aromatic rings. The second-order valence-corrected chi connectivity index (χ2v) is 2.74. The van der Waals surface area contributed by atoms with Crippen molar-refractivity contribution in [2.75, 3.05) is 6.54 Å². The minimum absolute atomic E-state index is 0.462. The van der Waals surface area contributed by atoms with Crippen LogP contribution in [0.2, 0.25) is 0 Å². The molecule has 0 saturated heterocycles. The molecule has 12 heavy (non-hydrogen) atoms. The molecule has 0 unspecified atom stereocenters. The summed E-state index contributed by atoms with van der Waals surface area (Å²) in [5.41, 5.74) is 1.14. The summed E-state index contributed by atoms with van der Waals surface area (Å²) < 4.78 is 25.7. The van der Waals surface area contributed by atoms with E-state index >= 15 is 0 Å². The van der Waals surface area contributed by atoms with Gasteiger partial charge >= 0.3 is 0 Å². The number of hydrogen-bond acceptors (Lipinski definition) is 1. The van der Waals surface area contributed by atoms with Crippen LogP contribution in [0.3, 0.4) is 0 Å². The van der Waals surface area contributed by atoms with Crippen molar-refractivity contribution >= 4 is 6.21 Å². The Morgan fingerprint density at radius 2 is 2.08 bits per heavy atom. The first kappa shape index (κ1) is 7.40. The molecule has 0 atom stereocenters. The van der Waals surface area contributed by atoms with E-state index in [0.717, 1.165) is 6.07 Å². The molecule has 1 aliphatic rings. The quantitative estimate of drug-likeness (QED) is 0.560. The number of hydrogen-bond donors (Lipinski definition) is 0. The van der Waals surface area contributed by atoms with Crippen LogP contribution in [0.4, 0.5) is 8.78 Å². The summed E-state index contributed by atoms with van der Waals surface area (Å²) in [6, 6.07) is 2.22. The van der Waals surface area contributed by atoms with Gasteiger partial charge in [0.2, 0.25) is 0 Å². The number of halogens is 2. The van der Waals surface area contributed by atoms with Crippen LogP contribution < -0.4 is 0 Å². The summed E-state index contributed by atoms with van der Waals surface area (Å²) in [7, 11) is 0. The van der Waals surface area contributed by atoms with Crippen molar-refractivity contribution in [2.45, 2.75) is 6.42 Å². The lowest BCUT2D eigenvalue weighted by Crippen LogP contribution is -2.06. The standard InChI is InChI=1S/C9H7F2N/c10-7-3-6-5-12-2-1-8(6)9(11)4-7/h3-5H,1-2H2. The monoisotopic (exact) mass is 167 g/mol. The predicted octanol–water partition coefficient (Wildman–Crippen LogP) is 1.94. The van der Waals surface area contributed by atoms with Gasteiger partial charge in [0.1, 0.15) is 11.6 Å². The number of aliphatic imine (C=N–C) groups is 1. The molecule has 0 spiro atoms. The smallest absolute Gasteiger partial charge is 0.130 e. The number of rotatable bonds is 0. The maximum Gasteiger partial charge on any atom is 0.130 e. The van der Waals surface area contributed by atoms with Crippen LogP contribution in [0.25, 0.3) is 0 Å². The normalized spacial score (nSPS) is 14.5. The van der Waals surface area contributed by atoms with E-state index in [-0.39, 0.29) is 0 Å². The van der Waals surface area contributed by atoms with E-state index in [9.17, 15) is 8.78 Å². The molecule has 0 bridgehead atoms. The third kappa shape index (κ3) is 1.11. The highest BCUT2D eigenvalue weighted by Gasteiger charge is 2.11. The predicted molar refractivity (Wildman–Crippen MR) is 42.5 cm³/mol. The highest BCUT2D eigenvalue weighted by molar-refractivity contribution is 5.82. The van der Waals surface area contributed by atoms with Crippen LogP contribution in [0.1, 0.15) is 11.1 Å². The maximum absolute atomic E-state index is 13.0. The zero-order chi connectivity index (χ0) is 8.55. The van der Waals surface area contributed by atoms with Gasteiger partial charge in [-0.1, -0.05) is 0 Å². The third-order valence-electron chi connectivity index (χ3n) is 1.92. The van der Waals surface area contributed by atoms with Gasteiger partial charge < -0.3 is 0 Å². The van der Waals surface area contributed by atoms with Crippen molar-refractivity contribution in [3.63, 3.8) is 0 Å². The molecule has 3 heteroatoms. The summed E-state index contributed by atoms with van der Waals surface area (Å²) in [5, 5.41) is 0. The van der Waals surface area contributed by atoms with Crippen molar-refractivity contribution in [3.05, 3.63) is 34.9 Å². The zero-order valence-corrected chi connectivity index (χ0v) is 6.35. The van der Waals surface area contributed by atoms with Gasteiger partial charge in [-0.25, -0.2) is 8.78 Å². The van der Waals surface area contributed by atoms with Gasteiger partial charge in [0.05, 0.1) is 0 Å². The van der Waals surface area contributed by atoms with Crippen molar-refractivity contribution in [1.82, 2.24) is 0 Å². The third-order valence-corrected chi connectivity index (χ3v) is 1.92. The molecule has 1 heterocycles. The molecule has 0 N–H and O–H groups in total. The number of benzene rings is 1. The van der Waals surface area contributed by atoms with Crippen LogP contribution in [0.15, 0.2) is 17.1 Å². The van der Waals surface area contributed by atoms with E-state index in [1.54, 1.807) is 0 Å². The Labute approximate surface area is 68.7 Å². The largest absolute Gasteiger partial charge is 0.292 e. The molecule has 0 fully saturated rings. The molecule has 0 aromatic heterocycles.